The van der Waals surface area contributed by atoms with Gasteiger partial charge in [0.1, 0.15) is 0 Å². The molecular weight excluding hydrogens is 513 g/mol. The number of aliphatic hydroxyl groups excluding tert-OH is 1. The van der Waals surface area contributed by atoms with E-state index in [9.17, 15) is 13.6 Å². The van der Waals surface area contributed by atoms with E-state index in [1.54, 1.807) is 12.1 Å². The average molecular weight is 527 g/mol. The first-order valence-corrected chi connectivity index (χ1v) is 8.89. The Morgan fingerprint density at radius 1 is 1.36 bits per heavy atom. The number of amides is 1. The van der Waals surface area contributed by atoms with Crippen molar-refractivity contribution >= 4 is 56.0 Å². The first kappa shape index (κ1) is 20.0. The van der Waals surface area contributed by atoms with Gasteiger partial charge in [0.05, 0.1) is 40.6 Å². The van der Waals surface area contributed by atoms with Crippen LogP contribution in [0.4, 0.5) is 20.2 Å². The first-order valence-electron chi connectivity index (χ1n) is 7.10. The predicted molar refractivity (Wildman–Crippen MR) is 102 cm³/mol. The van der Waals surface area contributed by atoms with Gasteiger partial charge in [0.25, 0.3) is 5.91 Å². The van der Waals surface area contributed by atoms with Crippen LogP contribution in [0.15, 0.2) is 30.3 Å². The fraction of sp³-hybridized carbons (Fsp3) is 0.188. The molecule has 25 heavy (non-hydrogen) atoms. The highest BCUT2D eigenvalue weighted by Gasteiger charge is 2.23. The van der Waals surface area contributed by atoms with Crippen LogP contribution in [0, 0.1) is 22.1 Å². The van der Waals surface area contributed by atoms with Crippen LogP contribution < -0.4 is 5.32 Å². The third-order valence-electron chi connectivity index (χ3n) is 3.23. The van der Waals surface area contributed by atoms with E-state index in [1.165, 1.54) is 0 Å². The molecule has 0 unspecified atom stereocenters. The molecule has 2 aromatic carbocycles. The fourth-order valence-electron chi connectivity index (χ4n) is 2.03. The van der Waals surface area contributed by atoms with E-state index in [2.05, 4.69) is 44.1 Å². The average Bonchev–Trinajstić information content (AvgIpc) is 2.58. The lowest BCUT2D eigenvalue weighted by molar-refractivity contribution is -0.0570. The Morgan fingerprint density at radius 3 is 2.72 bits per heavy atom. The zero-order valence-corrected chi connectivity index (χ0v) is 16.8. The Kier molecular flexibility index (Phi) is 7.11. The molecule has 9 heteroatoms. The summed E-state index contributed by atoms with van der Waals surface area (Å²) in [6.45, 7) is 1.37. The van der Waals surface area contributed by atoms with Crippen LogP contribution in [0.3, 0.4) is 0 Å². The van der Waals surface area contributed by atoms with Gasteiger partial charge in [-0.05, 0) is 65.4 Å². The maximum Gasteiger partial charge on any atom is 0.290 e. The van der Waals surface area contributed by atoms with Gasteiger partial charge in [0.2, 0.25) is 0 Å². The van der Waals surface area contributed by atoms with Crippen molar-refractivity contribution in [2.24, 2.45) is 0 Å². The van der Waals surface area contributed by atoms with Crippen LogP contribution in [0.1, 0.15) is 15.9 Å². The standard InChI is InChI=1S/C16H14BrF2IN2O3/c1-9-8-10(20)2-5-13(9)21-15-11(3-4-12(18)14(15)19)16(24)22(17)25-7-6-23/h2-5,8,21,23H,6-7H2,1H3. The number of rotatable bonds is 6. The molecule has 0 heterocycles. The predicted octanol–water partition coefficient (Wildman–Crippen LogP) is 4.30. The van der Waals surface area contributed by atoms with E-state index in [-0.39, 0.29) is 24.5 Å². The number of carbonyl (C=O) groups excluding carboxylic acids is 1. The molecule has 2 aromatic rings. The molecule has 0 radical (unpaired) electrons. The second kappa shape index (κ2) is 8.88. The molecule has 0 spiro atoms. The molecule has 134 valence electrons. The van der Waals surface area contributed by atoms with Crippen LogP contribution in [-0.2, 0) is 4.84 Å². The molecule has 0 aliphatic rings. The van der Waals surface area contributed by atoms with Crippen LogP contribution >= 0.6 is 38.7 Å². The Labute approximate surface area is 165 Å². The van der Waals surface area contributed by atoms with Gasteiger partial charge in [-0.2, -0.15) is 0 Å². The highest BCUT2D eigenvalue weighted by atomic mass is 127. The van der Waals surface area contributed by atoms with Gasteiger partial charge in [-0.25, -0.2) is 8.78 Å². The highest BCUT2D eigenvalue weighted by Crippen LogP contribution is 2.30. The fourth-order valence-corrected chi connectivity index (χ4v) is 3.01. The number of hydroxylamine groups is 1. The Hall–Kier alpha value is -1.30. The molecule has 1 amide bonds. The monoisotopic (exact) mass is 526 g/mol. The van der Waals surface area contributed by atoms with Gasteiger partial charge in [-0.3, -0.25) is 9.63 Å². The van der Waals surface area contributed by atoms with E-state index < -0.39 is 17.5 Å². The van der Waals surface area contributed by atoms with E-state index in [0.717, 1.165) is 21.3 Å². The Balaban J connectivity index is 2.42. The molecule has 0 fully saturated rings. The molecule has 2 N–H and O–H groups in total. The summed E-state index contributed by atoms with van der Waals surface area (Å²) in [6, 6.07) is 7.39. The van der Waals surface area contributed by atoms with Crippen molar-refractivity contribution in [2.45, 2.75) is 6.92 Å². The van der Waals surface area contributed by atoms with Crippen molar-refractivity contribution in [1.82, 2.24) is 4.09 Å². The number of carbonyl (C=O) groups is 1. The smallest absolute Gasteiger partial charge is 0.290 e. The number of nitrogens with one attached hydrogen (secondary N) is 1. The van der Waals surface area contributed by atoms with Crippen molar-refractivity contribution in [1.29, 1.82) is 0 Å². The minimum absolute atomic E-state index is 0.133. The summed E-state index contributed by atoms with van der Waals surface area (Å²) in [5, 5.41) is 11.5. The maximum atomic E-state index is 14.3. The number of anilines is 2. The molecule has 0 aliphatic carbocycles. The van der Waals surface area contributed by atoms with Crippen molar-refractivity contribution in [3.05, 3.63) is 56.7 Å². The van der Waals surface area contributed by atoms with Gasteiger partial charge in [0, 0.05) is 9.26 Å². The Morgan fingerprint density at radius 2 is 2.08 bits per heavy atom. The summed E-state index contributed by atoms with van der Waals surface area (Å²) in [5.74, 6) is -3.01. The normalized spacial score (nSPS) is 10.6. The number of benzene rings is 2. The summed E-state index contributed by atoms with van der Waals surface area (Å²) in [4.78, 5) is 17.3. The maximum absolute atomic E-state index is 14.3. The number of aryl methyl sites for hydroxylation is 1. The minimum Gasteiger partial charge on any atom is -0.394 e. The third-order valence-corrected chi connectivity index (χ3v) is 4.43. The molecule has 2 rings (SSSR count). The van der Waals surface area contributed by atoms with Crippen molar-refractivity contribution in [2.75, 3.05) is 18.5 Å². The zero-order chi connectivity index (χ0) is 18.6. The number of aliphatic hydroxyl groups is 1. The van der Waals surface area contributed by atoms with Crippen molar-refractivity contribution < 1.29 is 23.5 Å². The van der Waals surface area contributed by atoms with Crippen molar-refractivity contribution in [3.63, 3.8) is 0 Å². The lowest BCUT2D eigenvalue weighted by atomic mass is 10.1. The summed E-state index contributed by atoms with van der Waals surface area (Å²) < 4.78 is 29.7. The molecule has 0 bridgehead atoms. The van der Waals surface area contributed by atoms with Gasteiger partial charge in [-0.1, -0.05) is 0 Å². The lowest BCUT2D eigenvalue weighted by Crippen LogP contribution is -2.24. The van der Waals surface area contributed by atoms with E-state index in [1.807, 2.05) is 13.0 Å². The second-order valence-electron chi connectivity index (χ2n) is 4.97. The topological polar surface area (TPSA) is 61.8 Å². The number of halogens is 4. The summed E-state index contributed by atoms with van der Waals surface area (Å²) in [6.07, 6.45) is 0. The van der Waals surface area contributed by atoms with Gasteiger partial charge >= 0.3 is 0 Å². The van der Waals surface area contributed by atoms with Crippen LogP contribution in [0.5, 0.6) is 0 Å². The SMILES string of the molecule is Cc1cc(I)ccc1Nc1c(C(=O)N(Br)OCCO)ccc(F)c1F. The highest BCUT2D eigenvalue weighted by molar-refractivity contribution is 14.1. The van der Waals surface area contributed by atoms with Gasteiger partial charge in [-0.15, -0.1) is 4.09 Å². The van der Waals surface area contributed by atoms with E-state index in [4.69, 9.17) is 9.94 Å². The summed E-state index contributed by atoms with van der Waals surface area (Å²) in [5.41, 5.74) is 0.913. The summed E-state index contributed by atoms with van der Waals surface area (Å²) in [7, 11) is 0. The summed E-state index contributed by atoms with van der Waals surface area (Å²) >= 11 is 5.01. The largest absolute Gasteiger partial charge is 0.394 e. The molecule has 0 aliphatic heterocycles. The molecule has 0 atom stereocenters. The molecular formula is C16H14BrF2IN2O3. The number of nitrogens with zero attached hydrogens (tertiary/aromatic N) is 1. The molecule has 0 saturated carbocycles. The third kappa shape index (κ3) is 4.87. The van der Waals surface area contributed by atoms with Crippen LogP contribution in [0.2, 0.25) is 0 Å². The molecule has 0 saturated heterocycles. The Bertz CT molecular complexity index is 792. The quantitative estimate of drug-likeness (QED) is 0.335. The van der Waals surface area contributed by atoms with Crippen molar-refractivity contribution in [3.8, 4) is 0 Å². The second-order valence-corrected chi connectivity index (χ2v) is 6.86. The van der Waals surface area contributed by atoms with E-state index >= 15 is 0 Å². The minimum atomic E-state index is -1.17. The number of hydrogen-bond donors (Lipinski definition) is 2. The van der Waals surface area contributed by atoms with Crippen LogP contribution in [0.25, 0.3) is 0 Å². The molecule has 0 aromatic heterocycles. The van der Waals surface area contributed by atoms with Gasteiger partial charge in [0.15, 0.2) is 11.6 Å². The van der Waals surface area contributed by atoms with Crippen LogP contribution in [-0.4, -0.2) is 28.3 Å². The molecule has 5 nitrogen and oxygen atoms in total. The lowest BCUT2D eigenvalue weighted by Gasteiger charge is -2.18. The number of hydrogen-bond acceptors (Lipinski definition) is 4. The van der Waals surface area contributed by atoms with Gasteiger partial charge < -0.3 is 10.4 Å². The zero-order valence-electron chi connectivity index (χ0n) is 13.0. The first-order chi connectivity index (χ1) is 11.8. The van der Waals surface area contributed by atoms with E-state index in [0.29, 0.717) is 9.78 Å².